The molecule has 0 spiro atoms. The number of hydrogen-bond donors (Lipinski definition) is 1. The normalized spacial score (nSPS) is 27.5. The van der Waals surface area contributed by atoms with Crippen LogP contribution in [0, 0.1) is 29.0 Å². The van der Waals surface area contributed by atoms with E-state index in [0.29, 0.717) is 43.5 Å². The lowest BCUT2D eigenvalue weighted by molar-refractivity contribution is -0.143. The molecule has 10 heteroatoms. The lowest BCUT2D eigenvalue weighted by Crippen LogP contribution is -2.55. The maximum Gasteiger partial charge on any atom is 0.290 e. The zero-order chi connectivity index (χ0) is 30.2. The number of nitrogens with zero attached hydrogens (tertiary/aromatic N) is 3. The predicted molar refractivity (Wildman–Crippen MR) is 147 cm³/mol. The molecule has 220 valence electrons. The molecule has 2 aliphatic carbocycles. The van der Waals surface area contributed by atoms with Gasteiger partial charge in [0, 0.05) is 54.0 Å². The van der Waals surface area contributed by atoms with Crippen molar-refractivity contribution in [1.29, 1.82) is 5.26 Å². The lowest BCUT2D eigenvalue weighted by atomic mass is 9.63. The molecule has 0 radical (unpaired) electrons. The molecule has 0 bridgehead atoms. The van der Waals surface area contributed by atoms with E-state index in [0.717, 1.165) is 0 Å². The van der Waals surface area contributed by atoms with E-state index in [9.17, 15) is 33.1 Å². The number of carbonyl (C=O) groups excluding carboxylic acids is 2. The van der Waals surface area contributed by atoms with Crippen LogP contribution in [0.3, 0.4) is 0 Å². The van der Waals surface area contributed by atoms with Crippen molar-refractivity contribution in [3.63, 3.8) is 0 Å². The quantitative estimate of drug-likeness (QED) is 0.387. The van der Waals surface area contributed by atoms with E-state index in [-0.39, 0.29) is 40.0 Å². The number of rotatable bonds is 5. The minimum Gasteiger partial charge on any atom is -0.449 e. The Hall–Kier alpha value is -3.71. The van der Waals surface area contributed by atoms with E-state index in [1.54, 1.807) is 11.8 Å². The molecule has 3 fully saturated rings. The summed E-state index contributed by atoms with van der Waals surface area (Å²) in [5.41, 5.74) is -1.58. The average Bonchev–Trinajstić information content (AvgIpc) is 3.33. The van der Waals surface area contributed by atoms with Gasteiger partial charge in [0.05, 0.1) is 22.8 Å². The number of fused-ring (bicyclic) bond motifs is 1. The first kappa shape index (κ1) is 28.4. The smallest absolute Gasteiger partial charge is 0.290 e. The number of furan rings is 1. The molecule has 7 nitrogen and oxygen atoms in total. The zero-order valence-corrected chi connectivity index (χ0v) is 23.7. The molecule has 3 aromatic rings. The Morgan fingerprint density at radius 3 is 2.31 bits per heavy atom. The van der Waals surface area contributed by atoms with E-state index in [2.05, 4.69) is 11.1 Å². The number of halogens is 3. The van der Waals surface area contributed by atoms with Crippen LogP contribution in [0.25, 0.3) is 22.4 Å². The summed E-state index contributed by atoms with van der Waals surface area (Å²) in [5.74, 6) is -4.17. The van der Waals surface area contributed by atoms with Crippen molar-refractivity contribution in [3.05, 3.63) is 53.5 Å². The Bertz CT molecular complexity index is 1620. The number of piperidine rings is 1. The van der Waals surface area contributed by atoms with Gasteiger partial charge in [0.15, 0.2) is 11.3 Å². The molecule has 1 atom stereocenters. The van der Waals surface area contributed by atoms with Gasteiger partial charge in [-0.3, -0.25) is 9.59 Å². The number of ketones is 1. The summed E-state index contributed by atoms with van der Waals surface area (Å²) in [6.07, 6.45) is 0.478. The van der Waals surface area contributed by atoms with Crippen LogP contribution in [0.5, 0.6) is 0 Å². The van der Waals surface area contributed by atoms with Gasteiger partial charge in [-0.2, -0.15) is 5.26 Å². The molecule has 2 saturated carbocycles. The number of aliphatic hydroxyl groups is 1. The topological polar surface area (TPSA) is 107 Å². The van der Waals surface area contributed by atoms with Crippen LogP contribution >= 0.6 is 0 Å². The standard InChI is InChI=1S/C32H32F3N3O4/c1-29(2)12-19(26(39)20-13-30(3,41)14-20)8-9-38(29)28(40)25-11-24-27(42-25)22(31(17-36)15-32(34,35)16-31)10-23(37-24)18-4-6-21(33)7-5-18/h4-7,10-11,19-20,41H,8-9,12-16H2,1-3H3/t19?,20-,30+. The molecule has 1 unspecified atom stereocenters. The van der Waals surface area contributed by atoms with E-state index in [4.69, 9.17) is 4.42 Å². The van der Waals surface area contributed by atoms with E-state index < -0.39 is 47.0 Å². The summed E-state index contributed by atoms with van der Waals surface area (Å²) in [5, 5.41) is 20.1. The van der Waals surface area contributed by atoms with Gasteiger partial charge >= 0.3 is 0 Å². The SMILES string of the molecule is CC1(C)CC(C(=O)[C@H]2C[C@@](C)(O)C2)CCN1C(=O)c1cc2nc(-c3ccc(F)cc3)cc(C3(C#N)CC(F)(F)C3)c2o1. The predicted octanol–water partition coefficient (Wildman–Crippen LogP) is 6.19. The monoisotopic (exact) mass is 579 g/mol. The molecule has 1 saturated heterocycles. The molecule has 42 heavy (non-hydrogen) atoms. The lowest BCUT2D eigenvalue weighted by Gasteiger charge is -2.47. The second kappa shape index (κ2) is 9.40. The second-order valence-electron chi connectivity index (χ2n) is 13.3. The van der Waals surface area contributed by atoms with E-state index >= 15 is 0 Å². The highest BCUT2D eigenvalue weighted by atomic mass is 19.3. The Kier molecular flexibility index (Phi) is 6.36. The number of likely N-dealkylation sites (tertiary alicyclic amines) is 1. The third-order valence-electron chi connectivity index (χ3n) is 9.28. The number of carbonyl (C=O) groups is 2. The van der Waals surface area contributed by atoms with Crippen molar-refractivity contribution in [1.82, 2.24) is 9.88 Å². The molecular formula is C32H32F3N3O4. The van der Waals surface area contributed by atoms with Crippen molar-refractivity contribution in [3.8, 4) is 17.3 Å². The Balaban J connectivity index is 1.33. The minimum absolute atomic E-state index is 0.0397. The maximum absolute atomic E-state index is 14.1. The third kappa shape index (κ3) is 4.77. The fourth-order valence-corrected chi connectivity index (χ4v) is 7.10. The largest absolute Gasteiger partial charge is 0.449 e. The second-order valence-corrected chi connectivity index (χ2v) is 13.3. The molecule has 6 rings (SSSR count). The molecule has 1 N–H and O–H groups in total. The van der Waals surface area contributed by atoms with Gasteiger partial charge in [0.2, 0.25) is 0 Å². The van der Waals surface area contributed by atoms with E-state index in [1.165, 1.54) is 36.4 Å². The minimum atomic E-state index is -3.01. The van der Waals surface area contributed by atoms with E-state index in [1.807, 2.05) is 13.8 Å². The first-order chi connectivity index (χ1) is 19.6. The van der Waals surface area contributed by atoms with Crippen LogP contribution in [0.2, 0.25) is 0 Å². The molecule has 1 aliphatic heterocycles. The summed E-state index contributed by atoms with van der Waals surface area (Å²) in [4.78, 5) is 33.2. The highest BCUT2D eigenvalue weighted by molar-refractivity contribution is 5.97. The summed E-state index contributed by atoms with van der Waals surface area (Å²) >= 11 is 0. The molecule has 3 aliphatic rings. The molecule has 2 aromatic heterocycles. The zero-order valence-electron chi connectivity index (χ0n) is 23.7. The van der Waals surface area contributed by atoms with Crippen LogP contribution < -0.4 is 0 Å². The van der Waals surface area contributed by atoms with Crippen LogP contribution in [-0.2, 0) is 10.2 Å². The molecule has 1 amide bonds. The summed E-state index contributed by atoms with van der Waals surface area (Å²) in [6, 6.07) is 10.6. The number of alkyl halides is 2. The summed E-state index contributed by atoms with van der Waals surface area (Å²) in [6.45, 7) is 5.83. The summed E-state index contributed by atoms with van der Waals surface area (Å²) in [7, 11) is 0. The Morgan fingerprint density at radius 2 is 1.74 bits per heavy atom. The van der Waals surface area contributed by atoms with Gasteiger partial charge in [-0.1, -0.05) is 0 Å². The summed E-state index contributed by atoms with van der Waals surface area (Å²) < 4.78 is 47.8. The number of nitriles is 1. The van der Waals surface area contributed by atoms with Gasteiger partial charge < -0.3 is 14.4 Å². The Labute approximate surface area is 241 Å². The first-order valence-electron chi connectivity index (χ1n) is 14.2. The van der Waals surface area contributed by atoms with Crippen molar-refractivity contribution < 1.29 is 32.3 Å². The van der Waals surface area contributed by atoms with Crippen LogP contribution in [-0.4, -0.2) is 50.3 Å². The number of amides is 1. The third-order valence-corrected chi connectivity index (χ3v) is 9.28. The van der Waals surface area contributed by atoms with Crippen molar-refractivity contribution >= 4 is 22.8 Å². The van der Waals surface area contributed by atoms with Gasteiger partial charge in [0.1, 0.15) is 17.1 Å². The molecule has 1 aromatic carbocycles. The first-order valence-corrected chi connectivity index (χ1v) is 14.2. The average molecular weight is 580 g/mol. The number of pyridine rings is 1. The Morgan fingerprint density at radius 1 is 1.07 bits per heavy atom. The van der Waals surface area contributed by atoms with Crippen LogP contribution in [0.15, 0.2) is 40.8 Å². The van der Waals surface area contributed by atoms with Crippen molar-refractivity contribution in [2.45, 2.75) is 81.8 Å². The number of Topliss-reactive ketones (excluding diaryl/α,β-unsaturated/α-hetero) is 1. The van der Waals surface area contributed by atoms with Gasteiger partial charge in [-0.25, -0.2) is 18.2 Å². The van der Waals surface area contributed by atoms with Gasteiger partial charge in [-0.05, 0) is 76.8 Å². The van der Waals surface area contributed by atoms with Crippen molar-refractivity contribution in [2.75, 3.05) is 6.54 Å². The number of benzene rings is 1. The fraction of sp³-hybridized carbons (Fsp3) is 0.500. The van der Waals surface area contributed by atoms with Gasteiger partial charge in [0.25, 0.3) is 11.8 Å². The molecular weight excluding hydrogens is 547 g/mol. The fourth-order valence-electron chi connectivity index (χ4n) is 7.10. The van der Waals surface area contributed by atoms with Crippen molar-refractivity contribution in [2.24, 2.45) is 11.8 Å². The highest BCUT2D eigenvalue weighted by Gasteiger charge is 2.59. The number of hydrogen-bond acceptors (Lipinski definition) is 6. The van der Waals surface area contributed by atoms with Crippen LogP contribution in [0.1, 0.15) is 75.4 Å². The maximum atomic E-state index is 14.1. The van der Waals surface area contributed by atoms with Crippen LogP contribution in [0.4, 0.5) is 13.2 Å². The highest BCUT2D eigenvalue weighted by Crippen LogP contribution is 2.55. The number of aromatic nitrogens is 1. The molecule has 3 heterocycles. The van der Waals surface area contributed by atoms with Gasteiger partial charge in [-0.15, -0.1) is 0 Å².